The van der Waals surface area contributed by atoms with Gasteiger partial charge in [0.1, 0.15) is 0 Å². The minimum atomic E-state index is -4.16. The molecule has 4 nitrogen and oxygen atoms in total. The van der Waals surface area contributed by atoms with Crippen molar-refractivity contribution in [2.75, 3.05) is 6.54 Å². The van der Waals surface area contributed by atoms with Gasteiger partial charge in [0.05, 0.1) is 11.4 Å². The molecule has 27 heavy (non-hydrogen) atoms. The number of nitrogens with zero attached hydrogens (tertiary/aromatic N) is 1. The zero-order valence-electron chi connectivity index (χ0n) is 15.8. The van der Waals surface area contributed by atoms with Crippen molar-refractivity contribution in [2.45, 2.75) is 49.2 Å². The molecule has 0 aromatic heterocycles. The van der Waals surface area contributed by atoms with Gasteiger partial charge in [0.25, 0.3) is 19.7 Å². The van der Waals surface area contributed by atoms with E-state index < -0.39 is 19.7 Å². The summed E-state index contributed by atoms with van der Waals surface area (Å²) in [6.45, 7) is 7.52. The normalized spacial score (nSPS) is 12.6. The molecule has 0 aliphatic rings. The maximum atomic E-state index is 12.9. The fourth-order valence-corrected chi connectivity index (χ4v) is 4.02. The van der Waals surface area contributed by atoms with Crippen LogP contribution in [0.4, 0.5) is 0 Å². The van der Waals surface area contributed by atoms with Crippen molar-refractivity contribution in [2.24, 2.45) is 0 Å². The van der Waals surface area contributed by atoms with Crippen LogP contribution in [-0.4, -0.2) is 29.0 Å². The lowest BCUT2D eigenvalue weighted by Crippen LogP contribution is -2.43. The summed E-state index contributed by atoms with van der Waals surface area (Å²) in [5.74, 6) is -1.11. The molecule has 0 heterocycles. The van der Waals surface area contributed by atoms with E-state index in [1.807, 2.05) is 27.7 Å². The van der Waals surface area contributed by atoms with E-state index in [0.29, 0.717) is 4.31 Å². The molecule has 1 aromatic rings. The van der Waals surface area contributed by atoms with Crippen LogP contribution < -0.4 is 0 Å². The predicted octanol–water partition coefficient (Wildman–Crippen LogP) is 5.58. The number of hydrogen-bond acceptors (Lipinski definition) is 3. The van der Waals surface area contributed by atoms with Gasteiger partial charge in [-0.15, -0.1) is 0 Å². The SMILES string of the molecule is CC(C)=CCC/C(C)=C/CN(C(=O)C(Cl)(Cl)Cl)S(=O)(=O)c1ccc(C)cc1. The van der Waals surface area contributed by atoms with Crippen molar-refractivity contribution in [3.05, 3.63) is 53.1 Å². The fraction of sp³-hybridized carbons (Fsp3) is 0.421. The number of benzene rings is 1. The van der Waals surface area contributed by atoms with Gasteiger partial charge in [0.15, 0.2) is 0 Å². The Balaban J connectivity index is 3.16. The van der Waals surface area contributed by atoms with E-state index in [2.05, 4.69) is 6.08 Å². The lowest BCUT2D eigenvalue weighted by Gasteiger charge is -2.24. The average Bonchev–Trinajstić information content (AvgIpc) is 2.53. The topological polar surface area (TPSA) is 54.5 Å². The van der Waals surface area contributed by atoms with Crippen molar-refractivity contribution >= 4 is 50.7 Å². The fourth-order valence-electron chi connectivity index (χ4n) is 2.20. The van der Waals surface area contributed by atoms with Gasteiger partial charge in [0.2, 0.25) is 0 Å². The second-order valence-corrected chi connectivity index (χ2v) is 10.7. The Morgan fingerprint density at radius 2 is 1.63 bits per heavy atom. The molecule has 0 fully saturated rings. The molecule has 150 valence electrons. The smallest absolute Gasteiger partial charge is 0.269 e. The molecule has 0 bridgehead atoms. The van der Waals surface area contributed by atoms with E-state index in [1.165, 1.54) is 17.7 Å². The van der Waals surface area contributed by atoms with E-state index in [0.717, 1.165) is 24.0 Å². The van der Waals surface area contributed by atoms with Crippen molar-refractivity contribution < 1.29 is 13.2 Å². The van der Waals surface area contributed by atoms with Gasteiger partial charge in [-0.3, -0.25) is 4.79 Å². The number of carbonyl (C=O) groups excluding carboxylic acids is 1. The van der Waals surface area contributed by atoms with E-state index >= 15 is 0 Å². The Morgan fingerprint density at radius 1 is 1.07 bits per heavy atom. The first-order chi connectivity index (χ1) is 12.4. The lowest BCUT2D eigenvalue weighted by molar-refractivity contribution is -0.125. The Kier molecular flexibility index (Phi) is 8.87. The summed E-state index contributed by atoms with van der Waals surface area (Å²) in [7, 11) is -4.16. The van der Waals surface area contributed by atoms with Crippen LogP contribution in [0, 0.1) is 6.92 Å². The summed E-state index contributed by atoms with van der Waals surface area (Å²) >= 11 is 17.0. The molecule has 0 spiro atoms. The summed E-state index contributed by atoms with van der Waals surface area (Å²) in [6, 6.07) is 6.14. The minimum absolute atomic E-state index is 0.0358. The number of allylic oxidation sites excluding steroid dienone is 3. The minimum Gasteiger partial charge on any atom is -0.269 e. The van der Waals surface area contributed by atoms with Gasteiger partial charge in [-0.2, -0.15) is 0 Å². The first-order valence-corrected chi connectivity index (χ1v) is 10.9. The molecule has 0 radical (unpaired) electrons. The molecule has 0 atom stereocenters. The Labute approximate surface area is 176 Å². The second-order valence-electron chi connectivity index (χ2n) is 6.52. The van der Waals surface area contributed by atoms with Crippen LogP contribution >= 0.6 is 34.8 Å². The molecule has 1 amide bonds. The highest BCUT2D eigenvalue weighted by atomic mass is 35.6. The van der Waals surface area contributed by atoms with Gasteiger partial charge in [0, 0.05) is 0 Å². The highest BCUT2D eigenvalue weighted by Gasteiger charge is 2.41. The largest absolute Gasteiger partial charge is 0.288 e. The van der Waals surface area contributed by atoms with Crippen LogP contribution in [0.5, 0.6) is 0 Å². The molecular weight excluding hydrogens is 429 g/mol. The molecule has 0 unspecified atom stereocenters. The molecule has 0 saturated heterocycles. The summed E-state index contributed by atoms with van der Waals surface area (Å²) in [6.07, 6.45) is 5.32. The van der Waals surface area contributed by atoms with Crippen LogP contribution in [0.25, 0.3) is 0 Å². The van der Waals surface area contributed by atoms with Crippen LogP contribution in [-0.2, 0) is 14.8 Å². The van der Waals surface area contributed by atoms with Crippen molar-refractivity contribution in [1.82, 2.24) is 4.31 Å². The predicted molar refractivity (Wildman–Crippen MR) is 113 cm³/mol. The van der Waals surface area contributed by atoms with Crippen LogP contribution in [0.3, 0.4) is 0 Å². The quantitative estimate of drug-likeness (QED) is 0.401. The second kappa shape index (κ2) is 9.97. The summed E-state index contributed by atoms with van der Waals surface area (Å²) in [5.41, 5.74) is 3.04. The third-order valence-corrected chi connectivity index (χ3v) is 6.02. The summed E-state index contributed by atoms with van der Waals surface area (Å²) in [5, 5.41) is 0. The van der Waals surface area contributed by atoms with Gasteiger partial charge >= 0.3 is 0 Å². The number of carbonyl (C=O) groups is 1. The summed E-state index contributed by atoms with van der Waals surface area (Å²) in [4.78, 5) is 12.4. The molecule has 0 N–H and O–H groups in total. The van der Waals surface area contributed by atoms with Gasteiger partial charge in [-0.1, -0.05) is 75.8 Å². The van der Waals surface area contributed by atoms with Crippen molar-refractivity contribution in [1.29, 1.82) is 0 Å². The number of amides is 1. The average molecular weight is 453 g/mol. The highest BCUT2D eigenvalue weighted by Crippen LogP contribution is 2.31. The third kappa shape index (κ3) is 7.49. The first-order valence-electron chi connectivity index (χ1n) is 8.35. The Hall–Kier alpha value is -1.01. The highest BCUT2D eigenvalue weighted by molar-refractivity contribution is 7.89. The van der Waals surface area contributed by atoms with Crippen LogP contribution in [0.1, 0.15) is 39.2 Å². The zero-order chi connectivity index (χ0) is 20.8. The third-order valence-electron chi connectivity index (χ3n) is 3.77. The van der Waals surface area contributed by atoms with Crippen LogP contribution in [0.2, 0.25) is 0 Å². The van der Waals surface area contributed by atoms with E-state index in [1.54, 1.807) is 18.2 Å². The number of hydrogen-bond donors (Lipinski definition) is 0. The monoisotopic (exact) mass is 451 g/mol. The zero-order valence-corrected chi connectivity index (χ0v) is 18.9. The summed E-state index contributed by atoms with van der Waals surface area (Å²) < 4.78 is 24.1. The van der Waals surface area contributed by atoms with E-state index in [-0.39, 0.29) is 11.4 Å². The molecule has 1 aromatic carbocycles. The van der Waals surface area contributed by atoms with Gasteiger partial charge in [-0.25, -0.2) is 12.7 Å². The maximum absolute atomic E-state index is 12.9. The first kappa shape index (κ1) is 24.0. The number of alkyl halides is 3. The standard InChI is InChI=1S/C19H24Cl3NO3S/c1-14(2)6-5-7-15(3)12-13-23(18(24)19(20,21)22)27(25,26)17-10-8-16(4)9-11-17/h6,8-12H,5,7,13H2,1-4H3/b15-12+. The molecule has 0 aliphatic carbocycles. The maximum Gasteiger partial charge on any atom is 0.288 e. The van der Waals surface area contributed by atoms with E-state index in [4.69, 9.17) is 34.8 Å². The van der Waals surface area contributed by atoms with E-state index in [9.17, 15) is 13.2 Å². The van der Waals surface area contributed by atoms with Crippen LogP contribution in [0.15, 0.2) is 52.5 Å². The lowest BCUT2D eigenvalue weighted by atomic mass is 10.1. The van der Waals surface area contributed by atoms with Crippen molar-refractivity contribution in [3.8, 4) is 0 Å². The van der Waals surface area contributed by atoms with Crippen molar-refractivity contribution in [3.63, 3.8) is 0 Å². The number of aryl methyl sites for hydroxylation is 1. The molecule has 0 aliphatic heterocycles. The number of rotatable bonds is 7. The van der Waals surface area contributed by atoms with Gasteiger partial charge < -0.3 is 0 Å². The van der Waals surface area contributed by atoms with Gasteiger partial charge in [-0.05, 0) is 52.7 Å². The molecule has 8 heteroatoms. The molecule has 0 saturated carbocycles. The Bertz CT molecular complexity index is 819. The Morgan fingerprint density at radius 3 is 2.11 bits per heavy atom. The molecular formula is C19H24Cl3NO3S. The number of sulfonamides is 1. The molecule has 1 rings (SSSR count). The number of halogens is 3.